The summed E-state index contributed by atoms with van der Waals surface area (Å²) in [5.74, 6) is -1.07. The van der Waals surface area contributed by atoms with Crippen molar-refractivity contribution in [3.8, 4) is 0 Å². The summed E-state index contributed by atoms with van der Waals surface area (Å²) in [6.07, 6.45) is -5.93. The van der Waals surface area contributed by atoms with Crippen LogP contribution in [-0.4, -0.2) is 33.6 Å². The largest absolute Gasteiger partial charge is 0.438 e. The van der Waals surface area contributed by atoms with Gasteiger partial charge in [-0.05, 0) is 36.8 Å². The topological polar surface area (TPSA) is 52.9 Å². The molecule has 0 saturated carbocycles. The number of aryl methyl sites for hydroxylation is 1. The fourth-order valence-electron chi connectivity index (χ4n) is 2.60. The van der Waals surface area contributed by atoms with Crippen LogP contribution in [0.15, 0.2) is 53.6 Å². The fraction of sp³-hybridized carbons (Fsp3) is 0.222. The first kappa shape index (κ1) is 18.4. The van der Waals surface area contributed by atoms with Gasteiger partial charge in [-0.1, -0.05) is 41.4 Å². The van der Waals surface area contributed by atoms with Crippen LogP contribution in [0.1, 0.15) is 27.9 Å². The van der Waals surface area contributed by atoms with Crippen molar-refractivity contribution >= 4 is 23.2 Å². The van der Waals surface area contributed by atoms with E-state index in [0.29, 0.717) is 10.6 Å². The third-order valence-corrected chi connectivity index (χ3v) is 4.36. The van der Waals surface area contributed by atoms with Crippen molar-refractivity contribution in [1.29, 1.82) is 0 Å². The molecule has 0 aliphatic carbocycles. The van der Waals surface area contributed by atoms with Crippen molar-refractivity contribution in [2.24, 2.45) is 5.10 Å². The van der Waals surface area contributed by atoms with Gasteiger partial charge in [0.05, 0.1) is 12.1 Å². The molecular formula is C18H14ClF3N2O2. The first-order chi connectivity index (χ1) is 12.1. The number of carbonyl (C=O) groups excluding carboxylic acids is 1. The number of amides is 1. The van der Waals surface area contributed by atoms with Crippen molar-refractivity contribution in [1.82, 2.24) is 5.01 Å². The van der Waals surface area contributed by atoms with Crippen LogP contribution in [0.5, 0.6) is 0 Å². The van der Waals surface area contributed by atoms with Gasteiger partial charge < -0.3 is 5.11 Å². The smallest absolute Gasteiger partial charge is 0.362 e. The average molecular weight is 383 g/mol. The Morgan fingerprint density at radius 1 is 1.15 bits per heavy atom. The van der Waals surface area contributed by atoms with E-state index in [4.69, 9.17) is 11.6 Å². The Morgan fingerprint density at radius 2 is 1.73 bits per heavy atom. The predicted octanol–water partition coefficient (Wildman–Crippen LogP) is 4.15. The van der Waals surface area contributed by atoms with Gasteiger partial charge in [-0.15, -0.1) is 0 Å². The van der Waals surface area contributed by atoms with E-state index < -0.39 is 24.2 Å². The molecular weight excluding hydrogens is 369 g/mol. The fourth-order valence-corrected chi connectivity index (χ4v) is 2.73. The van der Waals surface area contributed by atoms with Gasteiger partial charge in [0.25, 0.3) is 11.6 Å². The van der Waals surface area contributed by atoms with E-state index in [2.05, 4.69) is 5.10 Å². The van der Waals surface area contributed by atoms with Crippen LogP contribution in [0.4, 0.5) is 13.2 Å². The van der Waals surface area contributed by atoms with Crippen molar-refractivity contribution in [2.45, 2.75) is 25.2 Å². The molecule has 0 unspecified atom stereocenters. The Morgan fingerprint density at radius 3 is 2.27 bits per heavy atom. The molecule has 2 aromatic rings. The van der Waals surface area contributed by atoms with Gasteiger partial charge in [0.15, 0.2) is 0 Å². The molecule has 1 heterocycles. The van der Waals surface area contributed by atoms with Crippen LogP contribution in [0.25, 0.3) is 0 Å². The highest BCUT2D eigenvalue weighted by molar-refractivity contribution is 6.30. The Kier molecular flexibility index (Phi) is 4.54. The van der Waals surface area contributed by atoms with Gasteiger partial charge in [0.1, 0.15) is 0 Å². The molecule has 0 spiro atoms. The molecule has 136 valence electrons. The lowest BCUT2D eigenvalue weighted by Gasteiger charge is -2.32. The van der Waals surface area contributed by atoms with Crippen LogP contribution in [0.2, 0.25) is 5.02 Å². The third kappa shape index (κ3) is 3.20. The second kappa shape index (κ2) is 6.41. The number of alkyl halides is 3. The summed E-state index contributed by atoms with van der Waals surface area (Å²) in [6, 6.07) is 11.9. The number of hydrazone groups is 1. The first-order valence-corrected chi connectivity index (χ1v) is 8.03. The Bertz CT molecular complexity index is 864. The molecule has 4 nitrogen and oxygen atoms in total. The van der Waals surface area contributed by atoms with Crippen LogP contribution < -0.4 is 0 Å². The van der Waals surface area contributed by atoms with Crippen LogP contribution in [0, 0.1) is 6.92 Å². The lowest BCUT2D eigenvalue weighted by atomic mass is 10.00. The van der Waals surface area contributed by atoms with Crippen molar-refractivity contribution in [3.05, 3.63) is 70.2 Å². The van der Waals surface area contributed by atoms with Crippen LogP contribution >= 0.6 is 11.6 Å². The molecule has 1 aliphatic rings. The highest BCUT2D eigenvalue weighted by atomic mass is 35.5. The summed E-state index contributed by atoms with van der Waals surface area (Å²) >= 11 is 5.74. The number of hydrogen-bond acceptors (Lipinski definition) is 3. The number of hydrogen-bond donors (Lipinski definition) is 1. The number of carbonyl (C=O) groups is 1. The number of halogens is 4. The van der Waals surface area contributed by atoms with Crippen molar-refractivity contribution < 1.29 is 23.1 Å². The molecule has 1 amide bonds. The van der Waals surface area contributed by atoms with Crippen LogP contribution in [-0.2, 0) is 0 Å². The minimum Gasteiger partial charge on any atom is -0.362 e. The maximum Gasteiger partial charge on any atom is 0.438 e. The monoisotopic (exact) mass is 382 g/mol. The molecule has 0 fully saturated rings. The quantitative estimate of drug-likeness (QED) is 0.848. The zero-order chi connectivity index (χ0) is 19.1. The molecule has 0 radical (unpaired) electrons. The summed E-state index contributed by atoms with van der Waals surface area (Å²) < 4.78 is 40.7. The normalized spacial score (nSPS) is 20.2. The van der Waals surface area contributed by atoms with Crippen molar-refractivity contribution in [2.75, 3.05) is 0 Å². The lowest BCUT2D eigenvalue weighted by Crippen LogP contribution is -2.56. The molecule has 26 heavy (non-hydrogen) atoms. The summed E-state index contributed by atoms with van der Waals surface area (Å²) in [7, 11) is 0. The molecule has 1 atom stereocenters. The van der Waals surface area contributed by atoms with Crippen LogP contribution in [0.3, 0.4) is 0 Å². The Labute approximate surface area is 152 Å². The first-order valence-electron chi connectivity index (χ1n) is 7.65. The zero-order valence-corrected chi connectivity index (χ0v) is 14.3. The number of benzene rings is 2. The molecule has 1 N–H and O–H groups in total. The van der Waals surface area contributed by atoms with E-state index in [-0.39, 0.29) is 16.3 Å². The van der Waals surface area contributed by atoms with Crippen molar-refractivity contribution in [3.63, 3.8) is 0 Å². The highest BCUT2D eigenvalue weighted by Crippen LogP contribution is 2.42. The summed E-state index contributed by atoms with van der Waals surface area (Å²) in [6.45, 7) is 1.84. The molecule has 8 heteroatoms. The molecule has 2 aromatic carbocycles. The summed E-state index contributed by atoms with van der Waals surface area (Å²) in [4.78, 5) is 12.6. The Balaban J connectivity index is 2.03. The van der Waals surface area contributed by atoms with Gasteiger partial charge in [-0.2, -0.15) is 23.3 Å². The summed E-state index contributed by atoms with van der Waals surface area (Å²) in [5, 5.41) is 14.5. The number of nitrogens with zero attached hydrogens (tertiary/aromatic N) is 2. The van der Waals surface area contributed by atoms with E-state index in [1.807, 2.05) is 6.92 Å². The number of aliphatic hydroxyl groups is 1. The predicted molar refractivity (Wildman–Crippen MR) is 91.0 cm³/mol. The number of rotatable bonds is 2. The van der Waals surface area contributed by atoms with E-state index in [1.165, 1.54) is 24.3 Å². The van der Waals surface area contributed by atoms with Gasteiger partial charge in [0.2, 0.25) is 0 Å². The zero-order valence-electron chi connectivity index (χ0n) is 13.6. The van der Waals surface area contributed by atoms with Gasteiger partial charge in [-0.25, -0.2) is 0 Å². The molecule has 3 rings (SSSR count). The van der Waals surface area contributed by atoms with Gasteiger partial charge in [-0.3, -0.25) is 4.79 Å². The van der Waals surface area contributed by atoms with E-state index in [0.717, 1.165) is 5.56 Å². The average Bonchev–Trinajstić information content (AvgIpc) is 2.94. The van der Waals surface area contributed by atoms with E-state index in [9.17, 15) is 23.1 Å². The second-order valence-electron chi connectivity index (χ2n) is 6.03. The van der Waals surface area contributed by atoms with Gasteiger partial charge >= 0.3 is 6.18 Å². The van der Waals surface area contributed by atoms with E-state index in [1.54, 1.807) is 24.3 Å². The minimum atomic E-state index is -5.08. The highest BCUT2D eigenvalue weighted by Gasteiger charge is 2.63. The molecule has 0 bridgehead atoms. The SMILES string of the molecule is Cc1ccc(C2=NN(C(=O)c3ccc(Cl)cc3)[C@](O)(C(F)(F)F)C2)cc1. The van der Waals surface area contributed by atoms with Gasteiger partial charge in [0, 0.05) is 10.6 Å². The lowest BCUT2D eigenvalue weighted by molar-refractivity contribution is -0.297. The standard InChI is InChI=1S/C18H14ClF3N2O2/c1-11-2-4-12(5-3-11)15-10-17(26,18(20,21)22)24(23-15)16(25)13-6-8-14(19)9-7-13/h2-9,26H,10H2,1H3/t17-/m1/s1. The second-order valence-corrected chi connectivity index (χ2v) is 6.46. The summed E-state index contributed by atoms with van der Waals surface area (Å²) in [5.41, 5.74) is -2.17. The minimum absolute atomic E-state index is 0.0212. The van der Waals surface area contributed by atoms with E-state index >= 15 is 0 Å². The molecule has 0 aromatic heterocycles. The maximum atomic E-state index is 13.6. The molecule has 1 aliphatic heterocycles. The third-order valence-electron chi connectivity index (χ3n) is 4.11. The Hall–Kier alpha value is -2.38. The maximum absolute atomic E-state index is 13.6. The molecule has 0 saturated heterocycles.